The summed E-state index contributed by atoms with van der Waals surface area (Å²) in [4.78, 5) is 16.8. The molecule has 0 saturated heterocycles. The third-order valence-electron chi connectivity index (χ3n) is 2.21. The van der Waals surface area contributed by atoms with Gasteiger partial charge in [-0.2, -0.15) is 0 Å². The first-order valence-corrected chi connectivity index (χ1v) is 5.85. The van der Waals surface area contributed by atoms with Gasteiger partial charge in [0, 0.05) is 12.6 Å². The minimum atomic E-state index is -0.312. The van der Waals surface area contributed by atoms with Gasteiger partial charge in [-0.05, 0) is 29.8 Å². The van der Waals surface area contributed by atoms with Gasteiger partial charge >= 0.3 is 0 Å². The number of primary amides is 1. The molecule has 0 aromatic carbocycles. The quantitative estimate of drug-likeness (QED) is 0.814. The van der Waals surface area contributed by atoms with Crippen LogP contribution in [-0.4, -0.2) is 44.7 Å². The van der Waals surface area contributed by atoms with E-state index in [4.69, 9.17) is 5.73 Å². The summed E-state index contributed by atoms with van der Waals surface area (Å²) >= 11 is 3.18. The molecule has 1 rings (SSSR count). The number of rotatable bonds is 6. The van der Waals surface area contributed by atoms with E-state index in [-0.39, 0.29) is 18.5 Å². The van der Waals surface area contributed by atoms with Crippen LogP contribution < -0.4 is 5.73 Å². The molecule has 1 aromatic rings. The molecule has 0 spiro atoms. The number of nitrogens with zero attached hydrogens (tertiary/aromatic N) is 4. The van der Waals surface area contributed by atoms with Crippen molar-refractivity contribution in [1.29, 1.82) is 0 Å². The number of carbonyl (C=O) groups excluding carboxylic acids is 1. The van der Waals surface area contributed by atoms with E-state index in [1.54, 1.807) is 11.0 Å². The van der Waals surface area contributed by atoms with E-state index in [2.05, 4.69) is 26.0 Å². The van der Waals surface area contributed by atoms with Crippen LogP contribution in [0.15, 0.2) is 11.1 Å². The first-order valence-electron chi connectivity index (χ1n) is 5.06. The smallest absolute Gasteiger partial charge is 0.231 e. The average Bonchev–Trinajstić information content (AvgIpc) is 2.58. The summed E-state index contributed by atoms with van der Waals surface area (Å²) in [5.41, 5.74) is 5.18. The largest absolute Gasteiger partial charge is 0.369 e. The Balaban J connectivity index is 2.46. The van der Waals surface area contributed by atoms with Crippen LogP contribution in [0.2, 0.25) is 0 Å². The van der Waals surface area contributed by atoms with Crippen LogP contribution in [0.3, 0.4) is 0 Å². The van der Waals surface area contributed by atoms with E-state index >= 15 is 0 Å². The van der Waals surface area contributed by atoms with Gasteiger partial charge in [0.15, 0.2) is 0 Å². The standard InChI is InChI=1S/C9H16BrN5O/c1-7(2)14(5-8(11)16)3-4-15-6-12-9(10)13-15/h6-7H,3-5H2,1-2H3,(H2,11,16). The molecule has 2 N–H and O–H groups in total. The molecule has 16 heavy (non-hydrogen) atoms. The molecule has 0 aliphatic rings. The normalized spacial score (nSPS) is 11.3. The summed E-state index contributed by atoms with van der Waals surface area (Å²) in [7, 11) is 0. The van der Waals surface area contributed by atoms with Crippen LogP contribution in [0.4, 0.5) is 0 Å². The summed E-state index contributed by atoms with van der Waals surface area (Å²) < 4.78 is 2.29. The van der Waals surface area contributed by atoms with Crippen LogP contribution in [0, 0.1) is 0 Å². The molecule has 1 amide bonds. The lowest BCUT2D eigenvalue weighted by molar-refractivity contribution is -0.119. The van der Waals surface area contributed by atoms with Crippen molar-refractivity contribution in [2.75, 3.05) is 13.1 Å². The van der Waals surface area contributed by atoms with Crippen molar-refractivity contribution in [2.24, 2.45) is 5.73 Å². The minimum Gasteiger partial charge on any atom is -0.369 e. The highest BCUT2D eigenvalue weighted by molar-refractivity contribution is 9.10. The molecule has 0 radical (unpaired) electrons. The Morgan fingerprint density at radius 3 is 2.81 bits per heavy atom. The zero-order valence-corrected chi connectivity index (χ0v) is 11.0. The fourth-order valence-corrected chi connectivity index (χ4v) is 1.63. The molecular weight excluding hydrogens is 274 g/mol. The van der Waals surface area contributed by atoms with E-state index in [0.717, 1.165) is 6.54 Å². The van der Waals surface area contributed by atoms with Crippen molar-refractivity contribution < 1.29 is 4.79 Å². The first kappa shape index (κ1) is 13.1. The second kappa shape index (κ2) is 5.95. The monoisotopic (exact) mass is 289 g/mol. The predicted octanol–water partition coefficient (Wildman–Crippen LogP) is 0.236. The van der Waals surface area contributed by atoms with Crippen LogP contribution in [-0.2, 0) is 11.3 Å². The van der Waals surface area contributed by atoms with E-state index < -0.39 is 0 Å². The van der Waals surface area contributed by atoms with Crippen molar-refractivity contribution in [3.05, 3.63) is 11.1 Å². The van der Waals surface area contributed by atoms with Crippen molar-refractivity contribution >= 4 is 21.8 Å². The molecule has 0 aliphatic heterocycles. The van der Waals surface area contributed by atoms with Crippen molar-refractivity contribution in [3.8, 4) is 0 Å². The fourth-order valence-electron chi connectivity index (χ4n) is 1.33. The zero-order valence-electron chi connectivity index (χ0n) is 9.43. The highest BCUT2D eigenvalue weighted by Crippen LogP contribution is 2.01. The maximum Gasteiger partial charge on any atom is 0.231 e. The number of hydrogen-bond donors (Lipinski definition) is 1. The van der Waals surface area contributed by atoms with Crippen LogP contribution in [0.25, 0.3) is 0 Å². The summed E-state index contributed by atoms with van der Waals surface area (Å²) in [6, 6.07) is 0.277. The Morgan fingerprint density at radius 2 is 2.38 bits per heavy atom. The van der Waals surface area contributed by atoms with Gasteiger partial charge in [0.2, 0.25) is 10.6 Å². The third-order valence-corrected chi connectivity index (χ3v) is 2.58. The molecular formula is C9H16BrN5O. The molecule has 90 valence electrons. The minimum absolute atomic E-state index is 0.271. The van der Waals surface area contributed by atoms with Gasteiger partial charge in [-0.25, -0.2) is 4.98 Å². The fraction of sp³-hybridized carbons (Fsp3) is 0.667. The Labute approximate surface area is 103 Å². The van der Waals surface area contributed by atoms with Crippen LogP contribution in [0.1, 0.15) is 13.8 Å². The van der Waals surface area contributed by atoms with Gasteiger partial charge in [0.25, 0.3) is 0 Å². The van der Waals surface area contributed by atoms with E-state index in [1.165, 1.54) is 0 Å². The summed E-state index contributed by atoms with van der Waals surface area (Å²) in [6.07, 6.45) is 1.65. The number of carbonyl (C=O) groups is 1. The molecule has 1 heterocycles. The Morgan fingerprint density at radius 1 is 1.69 bits per heavy atom. The number of aromatic nitrogens is 3. The summed E-state index contributed by atoms with van der Waals surface area (Å²) in [5, 5.41) is 4.10. The summed E-state index contributed by atoms with van der Waals surface area (Å²) in [6.45, 7) is 5.73. The van der Waals surface area contributed by atoms with Gasteiger partial charge in [0.05, 0.1) is 13.1 Å². The molecule has 0 unspecified atom stereocenters. The van der Waals surface area contributed by atoms with Crippen molar-refractivity contribution in [3.63, 3.8) is 0 Å². The van der Waals surface area contributed by atoms with E-state index in [9.17, 15) is 4.79 Å². The predicted molar refractivity (Wildman–Crippen MR) is 63.6 cm³/mol. The molecule has 0 atom stereocenters. The lowest BCUT2D eigenvalue weighted by Gasteiger charge is -2.24. The molecule has 0 fully saturated rings. The summed E-state index contributed by atoms with van der Waals surface area (Å²) in [5.74, 6) is -0.312. The first-order chi connectivity index (χ1) is 7.49. The molecule has 6 nitrogen and oxygen atoms in total. The number of halogens is 1. The van der Waals surface area contributed by atoms with Gasteiger partial charge in [-0.1, -0.05) is 0 Å². The van der Waals surface area contributed by atoms with Gasteiger partial charge in [-0.3, -0.25) is 14.4 Å². The molecule has 0 aliphatic carbocycles. The molecule has 0 bridgehead atoms. The SMILES string of the molecule is CC(C)N(CCn1cnc(Br)n1)CC(N)=O. The highest BCUT2D eigenvalue weighted by Gasteiger charge is 2.12. The Bertz CT molecular complexity index is 351. The highest BCUT2D eigenvalue weighted by atomic mass is 79.9. The lowest BCUT2D eigenvalue weighted by Crippen LogP contribution is -2.40. The topological polar surface area (TPSA) is 77.0 Å². The number of hydrogen-bond acceptors (Lipinski definition) is 4. The Kier molecular flexibility index (Phi) is 4.88. The number of amides is 1. The molecule has 1 aromatic heterocycles. The Hall–Kier alpha value is -0.950. The second-order valence-corrected chi connectivity index (χ2v) is 4.52. The average molecular weight is 290 g/mol. The zero-order chi connectivity index (χ0) is 12.1. The van der Waals surface area contributed by atoms with Gasteiger partial charge in [0.1, 0.15) is 6.33 Å². The van der Waals surface area contributed by atoms with Crippen LogP contribution >= 0.6 is 15.9 Å². The van der Waals surface area contributed by atoms with Crippen LogP contribution in [0.5, 0.6) is 0 Å². The van der Waals surface area contributed by atoms with E-state index in [1.807, 2.05) is 18.7 Å². The number of nitrogens with two attached hydrogens (primary N) is 1. The van der Waals surface area contributed by atoms with Gasteiger partial charge in [-0.15, -0.1) is 5.10 Å². The molecule has 0 saturated carbocycles. The van der Waals surface area contributed by atoms with Gasteiger partial charge < -0.3 is 5.73 Å². The maximum atomic E-state index is 10.9. The van der Waals surface area contributed by atoms with E-state index in [0.29, 0.717) is 11.3 Å². The maximum absolute atomic E-state index is 10.9. The second-order valence-electron chi connectivity index (χ2n) is 3.81. The lowest BCUT2D eigenvalue weighted by atomic mass is 10.3. The van der Waals surface area contributed by atoms with Crippen molar-refractivity contribution in [1.82, 2.24) is 19.7 Å². The molecule has 7 heteroatoms. The van der Waals surface area contributed by atoms with Crippen molar-refractivity contribution in [2.45, 2.75) is 26.4 Å². The third kappa shape index (κ3) is 4.28.